The molecular weight excluding hydrogens is 529 g/mol. The van der Waals surface area contributed by atoms with E-state index in [9.17, 15) is 9.90 Å². The molecule has 0 saturated carbocycles. The molecule has 1 amide bonds. The van der Waals surface area contributed by atoms with Gasteiger partial charge >= 0.3 is 0 Å². The number of phenolic OH excluding ortho intramolecular Hbond substituents is 1. The van der Waals surface area contributed by atoms with Crippen molar-refractivity contribution >= 4 is 57.9 Å². The highest BCUT2D eigenvalue weighted by Gasteiger charge is 2.17. The third kappa shape index (κ3) is 5.61. The van der Waals surface area contributed by atoms with Gasteiger partial charge < -0.3 is 5.11 Å². The van der Waals surface area contributed by atoms with Crippen LogP contribution >= 0.6 is 35.0 Å². The third-order valence-corrected chi connectivity index (χ3v) is 6.92. The minimum Gasteiger partial charge on any atom is -0.507 e. The highest BCUT2D eigenvalue weighted by molar-refractivity contribution is 7.99. The molecule has 1 heterocycles. The molecule has 5 rings (SSSR count). The molecule has 5 aromatic rings. The maximum absolute atomic E-state index is 12.6. The molecule has 1 aromatic heterocycles. The number of hydrazone groups is 1. The van der Waals surface area contributed by atoms with Gasteiger partial charge in [-0.15, -0.1) is 10.2 Å². The predicted molar refractivity (Wildman–Crippen MR) is 149 cm³/mol. The first-order chi connectivity index (χ1) is 18.0. The molecule has 2 N–H and O–H groups in total. The lowest BCUT2D eigenvalue weighted by Gasteiger charge is -2.10. The van der Waals surface area contributed by atoms with Crippen LogP contribution in [0.1, 0.15) is 5.56 Å². The molecule has 10 heteroatoms. The second-order valence-corrected chi connectivity index (χ2v) is 9.74. The van der Waals surface area contributed by atoms with E-state index < -0.39 is 0 Å². The summed E-state index contributed by atoms with van der Waals surface area (Å²) in [5.74, 6) is 0.397. The van der Waals surface area contributed by atoms with E-state index >= 15 is 0 Å². The number of rotatable bonds is 7. The largest absolute Gasteiger partial charge is 0.507 e. The number of fused-ring (bicyclic) bond motifs is 1. The van der Waals surface area contributed by atoms with Crippen LogP contribution in [0.5, 0.6) is 5.75 Å². The van der Waals surface area contributed by atoms with Crippen molar-refractivity contribution in [2.75, 3.05) is 5.75 Å². The molecule has 0 aliphatic heterocycles. The molecule has 37 heavy (non-hydrogen) atoms. The quantitative estimate of drug-likeness (QED) is 0.141. The van der Waals surface area contributed by atoms with E-state index in [0.717, 1.165) is 22.0 Å². The summed E-state index contributed by atoms with van der Waals surface area (Å²) in [4.78, 5) is 12.6. The van der Waals surface area contributed by atoms with Crippen molar-refractivity contribution in [3.8, 4) is 22.8 Å². The van der Waals surface area contributed by atoms with Crippen LogP contribution in [0.25, 0.3) is 27.8 Å². The van der Waals surface area contributed by atoms with Crippen molar-refractivity contribution in [3.63, 3.8) is 0 Å². The second-order valence-electron chi connectivity index (χ2n) is 7.93. The molecule has 0 atom stereocenters. The number of amides is 1. The summed E-state index contributed by atoms with van der Waals surface area (Å²) >= 11 is 13.4. The number of nitrogens with one attached hydrogen (secondary N) is 1. The lowest BCUT2D eigenvalue weighted by Crippen LogP contribution is -2.20. The van der Waals surface area contributed by atoms with Crippen LogP contribution < -0.4 is 5.43 Å². The lowest BCUT2D eigenvalue weighted by molar-refractivity contribution is -0.118. The van der Waals surface area contributed by atoms with Gasteiger partial charge in [-0.2, -0.15) is 5.10 Å². The Morgan fingerprint density at radius 1 is 0.946 bits per heavy atom. The van der Waals surface area contributed by atoms with Crippen molar-refractivity contribution < 1.29 is 9.90 Å². The Labute approximate surface area is 226 Å². The molecule has 0 bridgehead atoms. The summed E-state index contributed by atoms with van der Waals surface area (Å²) in [6, 6.07) is 25.6. The van der Waals surface area contributed by atoms with Crippen LogP contribution in [0.4, 0.5) is 0 Å². The number of phenols is 1. The van der Waals surface area contributed by atoms with Gasteiger partial charge in [0.05, 0.1) is 12.0 Å². The zero-order valence-corrected chi connectivity index (χ0v) is 21.5. The predicted octanol–water partition coefficient (Wildman–Crippen LogP) is 6.34. The number of benzene rings is 4. The first-order valence-corrected chi connectivity index (χ1v) is 12.9. The van der Waals surface area contributed by atoms with E-state index in [1.54, 1.807) is 30.3 Å². The van der Waals surface area contributed by atoms with E-state index in [0.29, 0.717) is 26.6 Å². The fourth-order valence-corrected chi connectivity index (χ4v) is 4.72. The first-order valence-electron chi connectivity index (χ1n) is 11.1. The maximum atomic E-state index is 12.6. The Kier molecular flexibility index (Phi) is 7.41. The van der Waals surface area contributed by atoms with Crippen molar-refractivity contribution in [1.82, 2.24) is 20.2 Å². The first kappa shape index (κ1) is 24.8. The summed E-state index contributed by atoms with van der Waals surface area (Å²) in [5.41, 5.74) is 4.66. The SMILES string of the molecule is O=C(CSc1nnc(-c2ccc(Cl)cc2)n1-c1ccc(Cl)cc1)NN=Cc1c(O)ccc2ccccc12. The summed E-state index contributed by atoms with van der Waals surface area (Å²) in [7, 11) is 0. The third-order valence-electron chi connectivity index (χ3n) is 5.48. The minimum absolute atomic E-state index is 0.0468. The molecule has 184 valence electrons. The number of thioether (sulfide) groups is 1. The van der Waals surface area contributed by atoms with Gasteiger partial charge in [-0.05, 0) is 65.4 Å². The van der Waals surface area contributed by atoms with E-state index in [1.165, 1.54) is 18.0 Å². The Morgan fingerprint density at radius 2 is 1.65 bits per heavy atom. The van der Waals surface area contributed by atoms with Crippen LogP contribution in [0, 0.1) is 0 Å². The second kappa shape index (κ2) is 11.0. The highest BCUT2D eigenvalue weighted by Crippen LogP contribution is 2.29. The van der Waals surface area contributed by atoms with E-state index in [1.807, 2.05) is 59.2 Å². The summed E-state index contributed by atoms with van der Waals surface area (Å²) < 4.78 is 1.86. The average Bonchev–Trinajstić information content (AvgIpc) is 3.33. The molecule has 0 fully saturated rings. The highest BCUT2D eigenvalue weighted by atomic mass is 35.5. The molecule has 0 radical (unpaired) electrons. The topological polar surface area (TPSA) is 92.4 Å². The van der Waals surface area contributed by atoms with Crippen LogP contribution in [0.3, 0.4) is 0 Å². The van der Waals surface area contributed by atoms with Crippen molar-refractivity contribution in [3.05, 3.63) is 101 Å². The Hall–Kier alpha value is -3.85. The molecular formula is C27H19Cl2N5O2S. The number of aromatic nitrogens is 3. The fraction of sp³-hybridized carbons (Fsp3) is 0.0370. The average molecular weight is 548 g/mol. The molecule has 0 unspecified atom stereocenters. The van der Waals surface area contributed by atoms with Crippen LogP contribution in [0.2, 0.25) is 10.0 Å². The number of halogens is 2. The summed E-state index contributed by atoms with van der Waals surface area (Å²) in [5, 5.41) is 26.5. The van der Waals surface area contributed by atoms with E-state index in [2.05, 4.69) is 20.7 Å². The van der Waals surface area contributed by atoms with E-state index in [-0.39, 0.29) is 17.4 Å². The smallest absolute Gasteiger partial charge is 0.250 e. The number of carbonyl (C=O) groups excluding carboxylic acids is 1. The molecule has 0 saturated heterocycles. The van der Waals surface area contributed by atoms with Crippen LogP contribution in [0.15, 0.2) is 95.2 Å². The Bertz CT molecular complexity index is 1600. The van der Waals surface area contributed by atoms with Gasteiger partial charge in [-0.25, -0.2) is 5.43 Å². The number of carbonyl (C=O) groups is 1. The number of aromatic hydroxyl groups is 1. The van der Waals surface area contributed by atoms with Crippen molar-refractivity contribution in [1.29, 1.82) is 0 Å². The molecule has 4 aromatic carbocycles. The van der Waals surface area contributed by atoms with Gasteiger partial charge in [0.1, 0.15) is 5.75 Å². The minimum atomic E-state index is -0.334. The monoisotopic (exact) mass is 547 g/mol. The lowest BCUT2D eigenvalue weighted by atomic mass is 10.0. The summed E-state index contributed by atoms with van der Waals surface area (Å²) in [6.45, 7) is 0. The van der Waals surface area contributed by atoms with Crippen molar-refractivity contribution in [2.45, 2.75) is 5.16 Å². The van der Waals surface area contributed by atoms with Gasteiger partial charge in [-0.3, -0.25) is 9.36 Å². The zero-order valence-electron chi connectivity index (χ0n) is 19.2. The number of hydrogen-bond donors (Lipinski definition) is 2. The number of hydrogen-bond acceptors (Lipinski definition) is 6. The standard InChI is InChI=1S/C27H19Cl2N5O2S/c28-19-8-5-18(6-9-19)26-32-33-27(34(26)21-12-10-20(29)11-13-21)37-16-25(36)31-30-15-23-22-4-2-1-3-17(22)7-14-24(23)35/h1-15,35H,16H2,(H,31,36). The van der Waals surface area contributed by atoms with Crippen LogP contribution in [-0.2, 0) is 4.79 Å². The van der Waals surface area contributed by atoms with Gasteiger partial charge in [0.15, 0.2) is 11.0 Å². The van der Waals surface area contributed by atoms with Crippen molar-refractivity contribution in [2.24, 2.45) is 5.10 Å². The molecule has 7 nitrogen and oxygen atoms in total. The Morgan fingerprint density at radius 3 is 2.41 bits per heavy atom. The fourth-order valence-electron chi connectivity index (χ4n) is 3.72. The molecule has 0 spiro atoms. The normalized spacial score (nSPS) is 11.3. The van der Waals surface area contributed by atoms with E-state index in [4.69, 9.17) is 23.2 Å². The molecule has 0 aliphatic rings. The maximum Gasteiger partial charge on any atom is 0.250 e. The van der Waals surface area contributed by atoms with Gasteiger partial charge in [0.25, 0.3) is 5.91 Å². The molecule has 0 aliphatic carbocycles. The van der Waals surface area contributed by atoms with Crippen LogP contribution in [-0.4, -0.2) is 37.7 Å². The van der Waals surface area contributed by atoms with Gasteiger partial charge in [-0.1, -0.05) is 65.3 Å². The van der Waals surface area contributed by atoms with Gasteiger partial charge in [0, 0.05) is 26.9 Å². The van der Waals surface area contributed by atoms with Gasteiger partial charge in [0.2, 0.25) is 0 Å². The number of nitrogens with zero attached hydrogens (tertiary/aromatic N) is 4. The summed E-state index contributed by atoms with van der Waals surface area (Å²) in [6.07, 6.45) is 1.44. The zero-order chi connectivity index (χ0) is 25.8. The Balaban J connectivity index is 1.34.